The molecule has 0 saturated heterocycles. The van der Waals surface area contributed by atoms with E-state index in [2.05, 4.69) is 5.32 Å². The lowest BCUT2D eigenvalue weighted by molar-refractivity contribution is 0.628. The third kappa shape index (κ3) is 2.82. The Morgan fingerprint density at radius 3 is 2.53 bits per heavy atom. The van der Waals surface area contributed by atoms with Gasteiger partial charge in [0.05, 0.1) is 0 Å². The number of hydrogen-bond donors (Lipinski definition) is 2. The van der Waals surface area contributed by atoms with E-state index in [1.807, 2.05) is 30.3 Å². The first kappa shape index (κ1) is 11.6. The van der Waals surface area contributed by atoms with E-state index in [0.717, 1.165) is 16.8 Å². The van der Waals surface area contributed by atoms with Crippen molar-refractivity contribution in [1.82, 2.24) is 0 Å². The van der Waals surface area contributed by atoms with Gasteiger partial charge in [-0.15, -0.1) is 0 Å². The number of rotatable bonds is 4. The van der Waals surface area contributed by atoms with Crippen molar-refractivity contribution in [2.45, 2.75) is 0 Å². The fraction of sp³-hybridized carbons (Fsp3) is 0.143. The van der Waals surface area contributed by atoms with E-state index in [-0.39, 0.29) is 5.82 Å². The minimum atomic E-state index is -0.234. The van der Waals surface area contributed by atoms with Crippen LogP contribution in [-0.2, 0) is 0 Å². The lowest BCUT2D eigenvalue weighted by atomic mass is 10.0. The van der Waals surface area contributed by atoms with Crippen molar-refractivity contribution < 1.29 is 4.39 Å². The molecule has 2 nitrogen and oxygen atoms in total. The highest BCUT2D eigenvalue weighted by Crippen LogP contribution is 2.28. The van der Waals surface area contributed by atoms with Gasteiger partial charge in [0, 0.05) is 24.3 Å². The molecule has 2 aromatic carbocycles. The third-order valence-electron chi connectivity index (χ3n) is 2.53. The van der Waals surface area contributed by atoms with Crippen molar-refractivity contribution >= 4 is 5.69 Å². The molecule has 0 heterocycles. The van der Waals surface area contributed by atoms with Gasteiger partial charge < -0.3 is 11.1 Å². The largest absolute Gasteiger partial charge is 0.383 e. The molecule has 3 N–H and O–H groups in total. The molecule has 2 aromatic rings. The average Bonchev–Trinajstić information content (AvgIpc) is 2.38. The maximum atomic E-state index is 13.3. The zero-order chi connectivity index (χ0) is 12.1. The molecular weight excluding hydrogens is 215 g/mol. The summed E-state index contributed by atoms with van der Waals surface area (Å²) in [4.78, 5) is 0. The van der Waals surface area contributed by atoms with Crippen molar-refractivity contribution in [3.05, 3.63) is 54.3 Å². The molecule has 88 valence electrons. The molecule has 0 bridgehead atoms. The van der Waals surface area contributed by atoms with Crippen molar-refractivity contribution in [3.63, 3.8) is 0 Å². The second kappa shape index (κ2) is 5.46. The molecule has 0 aromatic heterocycles. The number of hydrogen-bond acceptors (Lipinski definition) is 2. The predicted molar refractivity (Wildman–Crippen MR) is 69.4 cm³/mol. The highest BCUT2D eigenvalue weighted by molar-refractivity contribution is 5.77. The van der Waals surface area contributed by atoms with Gasteiger partial charge in [-0.25, -0.2) is 4.39 Å². The Morgan fingerprint density at radius 2 is 1.82 bits per heavy atom. The molecule has 0 aliphatic rings. The Labute approximate surface area is 100 Å². The number of anilines is 1. The van der Waals surface area contributed by atoms with E-state index in [9.17, 15) is 4.39 Å². The van der Waals surface area contributed by atoms with Gasteiger partial charge in [0.15, 0.2) is 0 Å². The maximum Gasteiger partial charge on any atom is 0.123 e. The van der Waals surface area contributed by atoms with Gasteiger partial charge in [-0.05, 0) is 23.8 Å². The number of nitrogens with one attached hydrogen (secondary N) is 1. The first-order valence-electron chi connectivity index (χ1n) is 5.60. The standard InChI is InChI=1S/C14H15FN2/c15-12-6-7-14(17-9-8-16)13(10-12)11-4-2-1-3-5-11/h1-7,10,17H,8-9,16H2. The van der Waals surface area contributed by atoms with E-state index >= 15 is 0 Å². The lowest BCUT2D eigenvalue weighted by Gasteiger charge is -2.11. The van der Waals surface area contributed by atoms with Crippen LogP contribution >= 0.6 is 0 Å². The zero-order valence-electron chi connectivity index (χ0n) is 9.49. The Balaban J connectivity index is 2.40. The summed E-state index contributed by atoms with van der Waals surface area (Å²) in [6.07, 6.45) is 0. The second-order valence-corrected chi connectivity index (χ2v) is 3.77. The Bertz CT molecular complexity index is 483. The molecule has 0 atom stereocenters. The third-order valence-corrected chi connectivity index (χ3v) is 2.53. The van der Waals surface area contributed by atoms with Crippen molar-refractivity contribution in [2.24, 2.45) is 5.73 Å². The second-order valence-electron chi connectivity index (χ2n) is 3.77. The summed E-state index contributed by atoms with van der Waals surface area (Å²) in [5, 5.41) is 3.20. The normalized spacial score (nSPS) is 10.2. The molecule has 17 heavy (non-hydrogen) atoms. The van der Waals surface area contributed by atoms with Crippen LogP contribution in [0.3, 0.4) is 0 Å². The van der Waals surface area contributed by atoms with E-state index in [1.54, 1.807) is 6.07 Å². The first-order chi connectivity index (χ1) is 8.31. The van der Waals surface area contributed by atoms with E-state index in [1.165, 1.54) is 12.1 Å². The van der Waals surface area contributed by atoms with Crippen LogP contribution in [0.25, 0.3) is 11.1 Å². The minimum absolute atomic E-state index is 0.234. The molecular formula is C14H15FN2. The molecule has 3 heteroatoms. The van der Waals surface area contributed by atoms with Crippen molar-refractivity contribution in [2.75, 3.05) is 18.4 Å². The van der Waals surface area contributed by atoms with Crippen LogP contribution in [0.4, 0.5) is 10.1 Å². The average molecular weight is 230 g/mol. The summed E-state index contributed by atoms with van der Waals surface area (Å²) in [7, 11) is 0. The van der Waals surface area contributed by atoms with Crippen molar-refractivity contribution in [1.29, 1.82) is 0 Å². The molecule has 2 rings (SSSR count). The van der Waals surface area contributed by atoms with Crippen molar-refractivity contribution in [3.8, 4) is 11.1 Å². The monoisotopic (exact) mass is 230 g/mol. The first-order valence-corrected chi connectivity index (χ1v) is 5.60. The van der Waals surface area contributed by atoms with E-state index in [0.29, 0.717) is 13.1 Å². The van der Waals surface area contributed by atoms with E-state index < -0.39 is 0 Å². The van der Waals surface area contributed by atoms with Crippen LogP contribution in [0.2, 0.25) is 0 Å². The van der Waals surface area contributed by atoms with Crippen LogP contribution in [0.1, 0.15) is 0 Å². The van der Waals surface area contributed by atoms with Gasteiger partial charge in [-0.1, -0.05) is 30.3 Å². The van der Waals surface area contributed by atoms with Gasteiger partial charge in [0.1, 0.15) is 5.82 Å². The highest BCUT2D eigenvalue weighted by atomic mass is 19.1. The fourth-order valence-electron chi connectivity index (χ4n) is 1.73. The summed E-state index contributed by atoms with van der Waals surface area (Å²) in [5.41, 5.74) is 8.22. The van der Waals surface area contributed by atoms with Gasteiger partial charge in [0.25, 0.3) is 0 Å². The minimum Gasteiger partial charge on any atom is -0.383 e. The SMILES string of the molecule is NCCNc1ccc(F)cc1-c1ccccc1. The Kier molecular flexibility index (Phi) is 3.73. The van der Waals surface area contributed by atoms with Gasteiger partial charge in [-0.3, -0.25) is 0 Å². The van der Waals surface area contributed by atoms with Crippen LogP contribution in [-0.4, -0.2) is 13.1 Å². The number of benzene rings is 2. The van der Waals surface area contributed by atoms with E-state index in [4.69, 9.17) is 5.73 Å². The molecule has 0 unspecified atom stereocenters. The highest BCUT2D eigenvalue weighted by Gasteiger charge is 2.05. The Hall–Kier alpha value is -1.87. The van der Waals surface area contributed by atoms with Gasteiger partial charge >= 0.3 is 0 Å². The molecule has 0 radical (unpaired) electrons. The molecule has 0 spiro atoms. The summed E-state index contributed by atoms with van der Waals surface area (Å²) in [5.74, 6) is -0.234. The summed E-state index contributed by atoms with van der Waals surface area (Å²) >= 11 is 0. The molecule has 0 fully saturated rings. The van der Waals surface area contributed by atoms with Gasteiger partial charge in [-0.2, -0.15) is 0 Å². The smallest absolute Gasteiger partial charge is 0.123 e. The summed E-state index contributed by atoms with van der Waals surface area (Å²) in [6, 6.07) is 14.5. The molecule has 0 aliphatic heterocycles. The number of halogens is 1. The summed E-state index contributed by atoms with van der Waals surface area (Å²) < 4.78 is 13.3. The molecule has 0 amide bonds. The van der Waals surface area contributed by atoms with Gasteiger partial charge in [0.2, 0.25) is 0 Å². The quantitative estimate of drug-likeness (QED) is 0.847. The topological polar surface area (TPSA) is 38.0 Å². The van der Waals surface area contributed by atoms with Crippen LogP contribution in [0.15, 0.2) is 48.5 Å². The van der Waals surface area contributed by atoms with Crippen LogP contribution in [0, 0.1) is 5.82 Å². The maximum absolute atomic E-state index is 13.3. The fourth-order valence-corrected chi connectivity index (χ4v) is 1.73. The van der Waals surface area contributed by atoms with Crippen LogP contribution in [0.5, 0.6) is 0 Å². The zero-order valence-corrected chi connectivity index (χ0v) is 9.49. The molecule has 0 saturated carbocycles. The Morgan fingerprint density at radius 1 is 1.06 bits per heavy atom. The lowest BCUT2D eigenvalue weighted by Crippen LogP contribution is -2.13. The number of nitrogens with two attached hydrogens (primary N) is 1. The molecule has 0 aliphatic carbocycles. The predicted octanol–water partition coefficient (Wildman–Crippen LogP) is 2.86. The van der Waals surface area contributed by atoms with Crippen LogP contribution < -0.4 is 11.1 Å². The summed E-state index contributed by atoms with van der Waals surface area (Å²) in [6.45, 7) is 1.22.